The number of nitrogens with zero attached hydrogens (tertiary/aromatic N) is 1. The van der Waals surface area contributed by atoms with Gasteiger partial charge >= 0.3 is 0 Å². The van der Waals surface area contributed by atoms with Crippen LogP contribution >= 0.6 is 0 Å². The fourth-order valence-corrected chi connectivity index (χ4v) is 3.13. The Kier molecular flexibility index (Phi) is 4.10. The second-order valence-electron chi connectivity index (χ2n) is 4.45. The van der Waals surface area contributed by atoms with Crippen LogP contribution in [-0.4, -0.2) is 20.4 Å². The molecule has 0 aromatic carbocycles. The maximum Gasteiger partial charge on any atom is 0.265 e. The lowest BCUT2D eigenvalue weighted by atomic mass is 10.3. The minimum Gasteiger partial charge on any atom is -0.464 e. The van der Waals surface area contributed by atoms with Crippen LogP contribution in [0, 0.1) is 13.8 Å². The molecule has 2 aromatic rings. The number of aromatic nitrogens is 1. The largest absolute Gasteiger partial charge is 0.464 e. The van der Waals surface area contributed by atoms with E-state index in [2.05, 4.69) is 15.0 Å². The van der Waals surface area contributed by atoms with E-state index in [9.17, 15) is 8.42 Å². The number of sulfonamides is 1. The molecular weight excluding hydrogens is 278 g/mol. The number of aryl methyl sites for hydroxylation is 2. The van der Waals surface area contributed by atoms with Crippen molar-refractivity contribution < 1.29 is 12.8 Å². The molecular formula is C13H17N3O3S. The highest BCUT2D eigenvalue weighted by atomic mass is 32.2. The van der Waals surface area contributed by atoms with Crippen LogP contribution in [-0.2, 0) is 16.6 Å². The van der Waals surface area contributed by atoms with E-state index < -0.39 is 10.0 Å². The molecule has 2 rings (SSSR count). The van der Waals surface area contributed by atoms with Crippen LogP contribution in [0.3, 0.4) is 0 Å². The minimum atomic E-state index is -3.66. The number of anilines is 1. The van der Waals surface area contributed by atoms with Crippen molar-refractivity contribution in [3.8, 4) is 0 Å². The summed E-state index contributed by atoms with van der Waals surface area (Å²) in [5.74, 6) is 0.949. The number of pyridine rings is 1. The van der Waals surface area contributed by atoms with Crippen molar-refractivity contribution in [3.05, 3.63) is 41.6 Å². The normalized spacial score (nSPS) is 11.6. The van der Waals surface area contributed by atoms with Gasteiger partial charge in [0.15, 0.2) is 0 Å². The van der Waals surface area contributed by atoms with Crippen molar-refractivity contribution in [3.63, 3.8) is 0 Å². The van der Waals surface area contributed by atoms with Gasteiger partial charge in [0.05, 0.1) is 12.2 Å². The Morgan fingerprint density at radius 1 is 1.30 bits per heavy atom. The number of furan rings is 1. The molecule has 0 radical (unpaired) electrons. The first-order valence-corrected chi connectivity index (χ1v) is 7.60. The maximum atomic E-state index is 12.3. The second kappa shape index (κ2) is 5.64. The first-order chi connectivity index (χ1) is 9.42. The van der Waals surface area contributed by atoms with Crippen molar-refractivity contribution in [1.82, 2.24) is 10.3 Å². The maximum absolute atomic E-state index is 12.3. The summed E-state index contributed by atoms with van der Waals surface area (Å²) in [5, 5.41) is 2.92. The molecule has 108 valence electrons. The number of hydrogen-bond acceptors (Lipinski definition) is 5. The molecule has 20 heavy (non-hydrogen) atoms. The summed E-state index contributed by atoms with van der Waals surface area (Å²) >= 11 is 0. The van der Waals surface area contributed by atoms with Gasteiger partial charge in [0.25, 0.3) is 10.0 Å². The molecule has 7 heteroatoms. The molecule has 2 aromatic heterocycles. The number of rotatable bonds is 5. The zero-order valence-corrected chi connectivity index (χ0v) is 12.4. The van der Waals surface area contributed by atoms with E-state index in [1.807, 2.05) is 0 Å². The smallest absolute Gasteiger partial charge is 0.265 e. The quantitative estimate of drug-likeness (QED) is 0.879. The second-order valence-corrected chi connectivity index (χ2v) is 6.11. The van der Waals surface area contributed by atoms with Gasteiger partial charge in [0.2, 0.25) is 0 Å². The highest BCUT2D eigenvalue weighted by molar-refractivity contribution is 7.92. The first-order valence-electron chi connectivity index (χ1n) is 6.12. The van der Waals surface area contributed by atoms with E-state index in [1.54, 1.807) is 39.2 Å². The van der Waals surface area contributed by atoms with Gasteiger partial charge in [-0.05, 0) is 33.0 Å². The van der Waals surface area contributed by atoms with Crippen LogP contribution < -0.4 is 10.0 Å². The average molecular weight is 295 g/mol. The Morgan fingerprint density at radius 2 is 2.05 bits per heavy atom. The van der Waals surface area contributed by atoms with Crippen molar-refractivity contribution in [1.29, 1.82) is 0 Å². The Morgan fingerprint density at radius 3 is 2.70 bits per heavy atom. The van der Waals surface area contributed by atoms with Gasteiger partial charge in [-0.3, -0.25) is 9.71 Å². The SMILES string of the molecule is CNCc1cc(S(=O)(=O)Nc2ccnc(C)c2)c(C)o1. The highest BCUT2D eigenvalue weighted by Crippen LogP contribution is 2.22. The van der Waals surface area contributed by atoms with Crippen molar-refractivity contribution >= 4 is 15.7 Å². The molecule has 0 amide bonds. The summed E-state index contributed by atoms with van der Waals surface area (Å²) in [6.45, 7) is 3.90. The third-order valence-electron chi connectivity index (χ3n) is 2.71. The van der Waals surface area contributed by atoms with Crippen molar-refractivity contribution in [2.75, 3.05) is 11.8 Å². The van der Waals surface area contributed by atoms with E-state index in [1.165, 1.54) is 6.07 Å². The van der Waals surface area contributed by atoms with E-state index in [0.29, 0.717) is 23.8 Å². The summed E-state index contributed by atoms with van der Waals surface area (Å²) in [5.41, 5.74) is 1.22. The third kappa shape index (κ3) is 3.17. The van der Waals surface area contributed by atoms with E-state index >= 15 is 0 Å². The molecule has 0 bridgehead atoms. The molecule has 0 aliphatic rings. The average Bonchev–Trinajstić information content (AvgIpc) is 2.71. The summed E-state index contributed by atoms with van der Waals surface area (Å²) < 4.78 is 32.6. The summed E-state index contributed by atoms with van der Waals surface area (Å²) in [6.07, 6.45) is 1.56. The molecule has 0 saturated carbocycles. The molecule has 0 aliphatic carbocycles. The molecule has 0 atom stereocenters. The van der Waals surface area contributed by atoms with Crippen LogP contribution in [0.15, 0.2) is 33.7 Å². The first kappa shape index (κ1) is 14.5. The van der Waals surface area contributed by atoms with E-state index in [0.717, 1.165) is 5.69 Å². The number of nitrogens with one attached hydrogen (secondary N) is 2. The Balaban J connectivity index is 2.30. The minimum absolute atomic E-state index is 0.150. The molecule has 0 unspecified atom stereocenters. The van der Waals surface area contributed by atoms with Crippen molar-refractivity contribution in [2.45, 2.75) is 25.3 Å². The highest BCUT2D eigenvalue weighted by Gasteiger charge is 2.21. The summed E-state index contributed by atoms with van der Waals surface area (Å²) in [7, 11) is -1.89. The topological polar surface area (TPSA) is 84.2 Å². The van der Waals surface area contributed by atoms with Crippen LogP contribution in [0.4, 0.5) is 5.69 Å². The lowest BCUT2D eigenvalue weighted by Crippen LogP contribution is -2.13. The zero-order valence-electron chi connectivity index (χ0n) is 11.6. The molecule has 2 heterocycles. The fraction of sp³-hybridized carbons (Fsp3) is 0.308. The molecule has 0 aliphatic heterocycles. The predicted octanol–water partition coefficient (Wildman–Crippen LogP) is 1.81. The lowest BCUT2D eigenvalue weighted by Gasteiger charge is -2.07. The molecule has 0 saturated heterocycles. The zero-order chi connectivity index (χ0) is 14.8. The Labute approximate surface area is 118 Å². The molecule has 0 fully saturated rings. The molecule has 0 spiro atoms. The van der Waals surface area contributed by atoms with Gasteiger partial charge < -0.3 is 9.73 Å². The van der Waals surface area contributed by atoms with Gasteiger partial charge in [-0.25, -0.2) is 8.42 Å². The van der Waals surface area contributed by atoms with Crippen LogP contribution in [0.1, 0.15) is 17.2 Å². The monoisotopic (exact) mass is 295 g/mol. The van der Waals surface area contributed by atoms with Gasteiger partial charge in [-0.2, -0.15) is 0 Å². The summed E-state index contributed by atoms with van der Waals surface area (Å²) in [4.78, 5) is 4.18. The van der Waals surface area contributed by atoms with Gasteiger partial charge in [-0.15, -0.1) is 0 Å². The standard InChI is InChI=1S/C13H17N3O3S/c1-9-6-11(4-5-15-9)16-20(17,18)13-7-12(8-14-3)19-10(13)2/h4-7,14H,8H2,1-3H3,(H,15,16). The van der Waals surface area contributed by atoms with E-state index in [-0.39, 0.29) is 4.90 Å². The van der Waals surface area contributed by atoms with E-state index in [4.69, 9.17) is 4.42 Å². The third-order valence-corrected chi connectivity index (χ3v) is 4.20. The Hall–Kier alpha value is -1.86. The molecule has 6 nitrogen and oxygen atoms in total. The van der Waals surface area contributed by atoms with Crippen LogP contribution in [0.5, 0.6) is 0 Å². The fourth-order valence-electron chi connectivity index (χ4n) is 1.87. The molecule has 2 N–H and O–H groups in total. The Bertz CT molecular complexity index is 707. The number of hydrogen-bond donors (Lipinski definition) is 2. The summed E-state index contributed by atoms with van der Waals surface area (Å²) in [6, 6.07) is 4.80. The van der Waals surface area contributed by atoms with Crippen LogP contribution in [0.25, 0.3) is 0 Å². The lowest BCUT2D eigenvalue weighted by molar-refractivity contribution is 0.466. The van der Waals surface area contributed by atoms with Gasteiger partial charge in [0, 0.05) is 18.0 Å². The predicted molar refractivity (Wildman–Crippen MR) is 76.0 cm³/mol. The van der Waals surface area contributed by atoms with Gasteiger partial charge in [0.1, 0.15) is 16.4 Å². The van der Waals surface area contributed by atoms with Gasteiger partial charge in [-0.1, -0.05) is 0 Å². The van der Waals surface area contributed by atoms with Crippen LogP contribution in [0.2, 0.25) is 0 Å². The van der Waals surface area contributed by atoms with Crippen molar-refractivity contribution in [2.24, 2.45) is 0 Å².